The normalized spacial score (nSPS) is 35.1. The Morgan fingerprint density at radius 2 is 1.91 bits per heavy atom. The van der Waals surface area contributed by atoms with Gasteiger partial charge in [0.25, 0.3) is 0 Å². The Hall–Kier alpha value is -2.44. The summed E-state index contributed by atoms with van der Waals surface area (Å²) >= 11 is 0. The van der Waals surface area contributed by atoms with E-state index in [0.717, 1.165) is 0 Å². The first-order chi connectivity index (χ1) is 21.9. The first-order valence-corrected chi connectivity index (χ1v) is 17.2. The number of ketones is 1. The van der Waals surface area contributed by atoms with Crippen molar-refractivity contribution in [2.45, 2.75) is 74.0 Å². The third-order valence-corrected chi connectivity index (χ3v) is 12.0. The van der Waals surface area contributed by atoms with Crippen LogP contribution in [0.1, 0.15) is 34.3 Å². The fourth-order valence-electron chi connectivity index (χ4n) is 6.73. The van der Waals surface area contributed by atoms with Crippen LogP contribution in [0, 0.1) is 18.8 Å². The molecule has 15 heteroatoms. The van der Waals surface area contributed by atoms with Gasteiger partial charge in [-0.2, -0.15) is 0 Å². The van der Waals surface area contributed by atoms with Crippen LogP contribution in [0.4, 0.5) is 0 Å². The Balaban J connectivity index is 1.73. The Morgan fingerprint density at radius 1 is 1.17 bits per heavy atom. The molecule has 2 heterocycles. The molecule has 1 aliphatic carbocycles. The van der Waals surface area contributed by atoms with Crippen LogP contribution in [-0.2, 0) is 16.1 Å². The maximum atomic E-state index is 13.7. The fourth-order valence-corrected chi connectivity index (χ4v) is 9.58. The molecule has 0 radical (unpaired) electrons. The monoisotopic (exact) mass is 681 g/mol. The number of aldehydes is 1. The number of methoxy groups -OCH3 is 1. The molecule has 1 saturated heterocycles. The Bertz CT molecular complexity index is 1510. The van der Waals surface area contributed by atoms with Gasteiger partial charge in [-0.3, -0.25) is 4.79 Å². The zero-order valence-corrected chi connectivity index (χ0v) is 26.8. The molecule has 0 saturated carbocycles. The molecule has 0 aromatic heterocycles. The van der Waals surface area contributed by atoms with Gasteiger partial charge >= 0.3 is 0 Å². The first kappa shape index (κ1) is 34.9. The summed E-state index contributed by atoms with van der Waals surface area (Å²) in [6, 6.07) is 2.26. The second-order valence-electron chi connectivity index (χ2n) is 11.9. The van der Waals surface area contributed by atoms with E-state index in [2.05, 4.69) is 0 Å². The average Bonchev–Trinajstić information content (AvgIpc) is 3.02. The first-order valence-electron chi connectivity index (χ1n) is 14.8. The SMILES string of the molecule is COc1cc2c3c(O)c(c(C)cc3c1CO)C(=O)C[C@H](CO)SSC[C@H]1[C@@H](CC=O)[C@H](N)C=C[C@@]1(O)[C@H]1O[C@H](O2)[C@H](O)[C@@H](O)[C@@H]1O. The van der Waals surface area contributed by atoms with Gasteiger partial charge in [-0.1, -0.05) is 33.7 Å². The van der Waals surface area contributed by atoms with E-state index >= 15 is 0 Å². The van der Waals surface area contributed by atoms with Crippen LogP contribution >= 0.6 is 21.6 Å². The predicted octanol–water partition coefficient (Wildman–Crippen LogP) is 0.319. The number of phenols is 1. The van der Waals surface area contributed by atoms with Gasteiger partial charge in [-0.05, 0) is 29.9 Å². The van der Waals surface area contributed by atoms with Gasteiger partial charge in [0.1, 0.15) is 53.6 Å². The molecule has 2 aromatic rings. The molecule has 0 spiro atoms. The molecule has 3 aliphatic rings. The minimum atomic E-state index is -2.03. The number of rotatable bonds is 5. The van der Waals surface area contributed by atoms with E-state index in [9.17, 15) is 45.3 Å². The lowest BCUT2D eigenvalue weighted by Gasteiger charge is -2.51. The molecular weight excluding hydrogens is 642 g/mol. The number of carbonyl (C=O) groups excluding carboxylic acids is 2. The Labute approximate surface area is 272 Å². The van der Waals surface area contributed by atoms with Crippen LogP contribution in [0.15, 0.2) is 24.3 Å². The minimum Gasteiger partial charge on any atom is -0.506 e. The quantitative estimate of drug-likeness (QED) is 0.121. The van der Waals surface area contributed by atoms with Crippen molar-refractivity contribution in [3.8, 4) is 17.2 Å². The van der Waals surface area contributed by atoms with Crippen LogP contribution in [0.3, 0.4) is 0 Å². The van der Waals surface area contributed by atoms with E-state index in [-0.39, 0.29) is 58.6 Å². The topological polar surface area (TPSA) is 229 Å². The molecule has 46 heavy (non-hydrogen) atoms. The van der Waals surface area contributed by atoms with Crippen molar-refractivity contribution in [2.24, 2.45) is 17.6 Å². The summed E-state index contributed by atoms with van der Waals surface area (Å²) in [7, 11) is 3.75. The zero-order chi connectivity index (χ0) is 33.5. The summed E-state index contributed by atoms with van der Waals surface area (Å²) in [5.41, 5.74) is 4.93. The fraction of sp³-hybridized carbons (Fsp3) is 0.548. The van der Waals surface area contributed by atoms with E-state index < -0.39 is 77.6 Å². The molecule has 252 valence electrons. The van der Waals surface area contributed by atoms with Crippen LogP contribution in [0.5, 0.6) is 17.2 Å². The van der Waals surface area contributed by atoms with Crippen molar-refractivity contribution >= 4 is 44.4 Å². The molecule has 4 bridgehead atoms. The van der Waals surface area contributed by atoms with Gasteiger partial charge in [0.15, 0.2) is 5.78 Å². The van der Waals surface area contributed by atoms with Crippen molar-refractivity contribution < 1.29 is 59.5 Å². The van der Waals surface area contributed by atoms with Crippen LogP contribution in [0.2, 0.25) is 0 Å². The smallest absolute Gasteiger partial charge is 0.229 e. The van der Waals surface area contributed by atoms with Crippen molar-refractivity contribution in [2.75, 3.05) is 19.5 Å². The molecule has 2 aromatic carbocycles. The highest BCUT2D eigenvalue weighted by molar-refractivity contribution is 8.76. The van der Waals surface area contributed by atoms with Gasteiger partial charge in [-0.15, -0.1) is 0 Å². The number of nitrogens with two attached hydrogens (primary N) is 1. The lowest BCUT2D eigenvalue weighted by molar-refractivity contribution is -0.305. The summed E-state index contributed by atoms with van der Waals surface area (Å²) in [5.74, 6) is -2.30. The third kappa shape index (κ3) is 6.02. The van der Waals surface area contributed by atoms with Crippen LogP contribution < -0.4 is 15.2 Å². The molecule has 0 amide bonds. The van der Waals surface area contributed by atoms with Crippen LogP contribution in [0.25, 0.3) is 10.8 Å². The van der Waals surface area contributed by atoms with Crippen LogP contribution in [-0.4, -0.2) is 115 Å². The second-order valence-corrected chi connectivity index (χ2v) is 14.6. The predicted molar refractivity (Wildman–Crippen MR) is 170 cm³/mol. The van der Waals surface area contributed by atoms with E-state index in [0.29, 0.717) is 11.8 Å². The molecule has 9 N–H and O–H groups in total. The number of benzene rings is 2. The summed E-state index contributed by atoms with van der Waals surface area (Å²) in [6.07, 6.45) is -5.55. The van der Waals surface area contributed by atoms with Gasteiger partial charge < -0.3 is 60.5 Å². The maximum absolute atomic E-state index is 13.7. The number of fused-ring (bicyclic) bond motifs is 5. The standard InChI is InChI=1S/C31H39NO12S2/c1-13-7-16-17(11-35)21(42-2)9-22-24(16)25(37)23(13)20(36)8-14(10-34)46-45-12-18-15(4-6-33)19(32)3-5-31(18,41)29-27(39)26(38)28(40)30(43-22)44-29/h3,5-7,9,14-15,18-19,26-30,34-35,37-41H,4,8,10-12,32H2,1-2H3/t14-,15-,18+,19-,26+,27+,28-,29+,30+,31+/m1/s1. The van der Waals surface area contributed by atoms with E-state index in [4.69, 9.17) is 19.9 Å². The number of ether oxygens (including phenoxy) is 3. The van der Waals surface area contributed by atoms with E-state index in [1.807, 2.05) is 0 Å². The highest BCUT2D eigenvalue weighted by Crippen LogP contribution is 2.48. The number of carbonyl (C=O) groups is 2. The molecular formula is C31H39NO12S2. The summed E-state index contributed by atoms with van der Waals surface area (Å²) in [5, 5.41) is 77.1. The van der Waals surface area contributed by atoms with Crippen molar-refractivity contribution in [3.05, 3.63) is 41.0 Å². The molecule has 0 unspecified atom stereocenters. The lowest BCUT2D eigenvalue weighted by atomic mass is 9.66. The highest BCUT2D eigenvalue weighted by atomic mass is 33.1. The third-order valence-electron chi connectivity index (χ3n) is 9.18. The number of aliphatic hydroxyl groups is 6. The maximum Gasteiger partial charge on any atom is 0.229 e. The van der Waals surface area contributed by atoms with Gasteiger partial charge in [-0.25, -0.2) is 0 Å². The van der Waals surface area contributed by atoms with Crippen molar-refractivity contribution in [1.82, 2.24) is 0 Å². The number of aromatic hydroxyl groups is 1. The number of aryl methyl sites for hydroxylation is 1. The van der Waals surface area contributed by atoms with Gasteiger partial charge in [0.2, 0.25) is 6.29 Å². The molecule has 10 atom stereocenters. The Morgan fingerprint density at radius 3 is 2.57 bits per heavy atom. The van der Waals surface area contributed by atoms with Crippen molar-refractivity contribution in [3.63, 3.8) is 0 Å². The number of Topliss-reactive ketones (excluding diaryl/α,β-unsaturated/α-hetero) is 1. The van der Waals surface area contributed by atoms with Gasteiger partial charge in [0.05, 0.1) is 31.3 Å². The zero-order valence-electron chi connectivity index (χ0n) is 25.2. The van der Waals surface area contributed by atoms with Crippen molar-refractivity contribution in [1.29, 1.82) is 0 Å². The minimum absolute atomic E-state index is 0.0207. The summed E-state index contributed by atoms with van der Waals surface area (Å²) in [4.78, 5) is 25.4. The number of aliphatic hydroxyl groups excluding tert-OH is 5. The largest absolute Gasteiger partial charge is 0.506 e. The molecule has 2 aliphatic heterocycles. The molecule has 13 nitrogen and oxygen atoms in total. The number of hydrogen-bond acceptors (Lipinski definition) is 15. The molecule has 5 rings (SSSR count). The highest BCUT2D eigenvalue weighted by Gasteiger charge is 2.58. The second kappa shape index (κ2) is 14.0. The summed E-state index contributed by atoms with van der Waals surface area (Å²) < 4.78 is 17.6. The summed E-state index contributed by atoms with van der Waals surface area (Å²) in [6.45, 7) is 0.720. The molecule has 1 fully saturated rings. The van der Waals surface area contributed by atoms with E-state index in [1.165, 1.54) is 46.9 Å². The lowest BCUT2D eigenvalue weighted by Crippen LogP contribution is -2.69. The number of hydrogen-bond donors (Lipinski definition) is 8. The van der Waals surface area contributed by atoms with Gasteiger partial charge in [0, 0.05) is 47.4 Å². The van der Waals surface area contributed by atoms with E-state index in [1.54, 1.807) is 13.0 Å². The Kier molecular flexibility index (Phi) is 10.6. The average molecular weight is 682 g/mol. The number of phenolic OH excluding ortho intramolecular Hbond substituents is 1.